The maximum absolute atomic E-state index is 11.3. The maximum Gasteiger partial charge on any atom is 0.407 e. The smallest absolute Gasteiger partial charge is 0.407 e. The normalized spacial score (nSPS) is 21.9. The first-order chi connectivity index (χ1) is 16.1. The van der Waals surface area contributed by atoms with E-state index in [9.17, 15) is 4.79 Å². The second-order valence-electron chi connectivity index (χ2n) is 9.58. The fourth-order valence-electron chi connectivity index (χ4n) is 5.14. The van der Waals surface area contributed by atoms with Crippen LogP contribution in [-0.2, 0) is 17.6 Å². The van der Waals surface area contributed by atoms with Crippen molar-refractivity contribution in [1.82, 2.24) is 20.5 Å². The number of cyclic esters (lactones) is 1. The van der Waals surface area contributed by atoms with Crippen LogP contribution >= 0.6 is 0 Å². The molecule has 6 nitrogen and oxygen atoms in total. The van der Waals surface area contributed by atoms with Gasteiger partial charge in [-0.2, -0.15) is 0 Å². The molecule has 3 N–H and O–H groups in total. The van der Waals surface area contributed by atoms with Gasteiger partial charge in [0.05, 0.1) is 6.04 Å². The van der Waals surface area contributed by atoms with E-state index in [1.165, 1.54) is 47.1 Å². The molecule has 0 radical (unpaired) electrons. The number of amides is 1. The largest absolute Gasteiger partial charge is 0.447 e. The number of benzene rings is 2. The van der Waals surface area contributed by atoms with E-state index in [2.05, 4.69) is 82.2 Å². The Morgan fingerprint density at radius 2 is 2.09 bits per heavy atom. The third-order valence-electron chi connectivity index (χ3n) is 7.13. The van der Waals surface area contributed by atoms with Gasteiger partial charge in [-0.3, -0.25) is 0 Å². The first-order valence-electron chi connectivity index (χ1n) is 12.2. The third kappa shape index (κ3) is 5.40. The third-order valence-corrected chi connectivity index (χ3v) is 7.13. The topological polar surface area (TPSA) is 69.4 Å². The van der Waals surface area contributed by atoms with Gasteiger partial charge in [0.1, 0.15) is 6.61 Å². The number of nitrogens with one attached hydrogen (secondary N) is 3. The minimum Gasteiger partial charge on any atom is -0.447 e. The summed E-state index contributed by atoms with van der Waals surface area (Å²) in [6.07, 6.45) is 4.96. The molecule has 0 spiro atoms. The van der Waals surface area contributed by atoms with Crippen LogP contribution in [0.15, 0.2) is 54.7 Å². The molecule has 2 aliphatic heterocycles. The molecule has 0 bridgehead atoms. The molecule has 6 heteroatoms. The monoisotopic (exact) mass is 446 g/mol. The molecule has 5 rings (SSSR count). The highest BCUT2D eigenvalue weighted by molar-refractivity contribution is 5.84. The summed E-state index contributed by atoms with van der Waals surface area (Å²) in [6.45, 7) is 7.22. The molecule has 174 valence electrons. The summed E-state index contributed by atoms with van der Waals surface area (Å²) in [6, 6.07) is 17.7. The number of hydrogen-bond acceptors (Lipinski definition) is 4. The number of aromatic nitrogens is 1. The van der Waals surface area contributed by atoms with E-state index in [0.29, 0.717) is 12.6 Å². The van der Waals surface area contributed by atoms with Crippen molar-refractivity contribution in [2.24, 2.45) is 5.92 Å². The van der Waals surface area contributed by atoms with E-state index in [0.717, 1.165) is 31.8 Å². The molecule has 3 heterocycles. The Bertz CT molecular complexity index is 1080. The Kier molecular flexibility index (Phi) is 6.65. The van der Waals surface area contributed by atoms with Gasteiger partial charge in [-0.1, -0.05) is 36.4 Å². The number of carbonyl (C=O) groups is 1. The number of aromatic amines is 1. The van der Waals surface area contributed by atoms with Gasteiger partial charge >= 0.3 is 6.09 Å². The molecule has 1 aromatic heterocycles. The van der Waals surface area contributed by atoms with Crippen LogP contribution in [0.1, 0.15) is 36.1 Å². The molecule has 33 heavy (non-hydrogen) atoms. The van der Waals surface area contributed by atoms with Crippen LogP contribution in [0.3, 0.4) is 0 Å². The lowest BCUT2D eigenvalue weighted by atomic mass is 10.0. The van der Waals surface area contributed by atoms with E-state index in [-0.39, 0.29) is 12.1 Å². The van der Waals surface area contributed by atoms with Crippen LogP contribution in [0, 0.1) is 5.92 Å². The molecule has 1 unspecified atom stereocenters. The highest BCUT2D eigenvalue weighted by atomic mass is 16.6. The van der Waals surface area contributed by atoms with Gasteiger partial charge in [-0.15, -0.1) is 0 Å². The molecule has 1 amide bonds. The van der Waals surface area contributed by atoms with Gasteiger partial charge in [0.25, 0.3) is 0 Å². The van der Waals surface area contributed by atoms with E-state index >= 15 is 0 Å². The second-order valence-corrected chi connectivity index (χ2v) is 9.58. The number of rotatable bonds is 9. The summed E-state index contributed by atoms with van der Waals surface area (Å²) < 4.78 is 5.02. The summed E-state index contributed by atoms with van der Waals surface area (Å²) >= 11 is 0. The summed E-state index contributed by atoms with van der Waals surface area (Å²) in [5.41, 5.74) is 5.14. The van der Waals surface area contributed by atoms with Gasteiger partial charge < -0.3 is 25.3 Å². The summed E-state index contributed by atoms with van der Waals surface area (Å²) in [5, 5.41) is 7.90. The summed E-state index contributed by atoms with van der Waals surface area (Å²) in [7, 11) is 0. The van der Waals surface area contributed by atoms with Crippen LogP contribution in [0.5, 0.6) is 0 Å². The van der Waals surface area contributed by atoms with Crippen molar-refractivity contribution in [1.29, 1.82) is 0 Å². The van der Waals surface area contributed by atoms with Gasteiger partial charge in [0, 0.05) is 36.2 Å². The van der Waals surface area contributed by atoms with Gasteiger partial charge in [-0.25, -0.2) is 4.79 Å². The van der Waals surface area contributed by atoms with Crippen LogP contribution in [-0.4, -0.2) is 54.8 Å². The first-order valence-corrected chi connectivity index (χ1v) is 12.2. The predicted octanol–water partition coefficient (Wildman–Crippen LogP) is 4.03. The minimum atomic E-state index is -0.308. The lowest BCUT2D eigenvalue weighted by Gasteiger charge is -2.19. The molecular formula is C27H34N4O2. The van der Waals surface area contributed by atoms with Crippen molar-refractivity contribution in [2.45, 2.75) is 38.3 Å². The number of hydrogen-bond donors (Lipinski definition) is 3. The minimum absolute atomic E-state index is 0.0668. The van der Waals surface area contributed by atoms with Crippen LogP contribution in [0.2, 0.25) is 0 Å². The van der Waals surface area contributed by atoms with Crippen LogP contribution < -0.4 is 10.6 Å². The van der Waals surface area contributed by atoms with Crippen molar-refractivity contribution >= 4 is 17.0 Å². The zero-order chi connectivity index (χ0) is 22.6. The lowest BCUT2D eigenvalue weighted by Crippen LogP contribution is -2.29. The molecule has 3 aromatic rings. The summed E-state index contributed by atoms with van der Waals surface area (Å²) in [4.78, 5) is 17.3. The van der Waals surface area contributed by atoms with Crippen molar-refractivity contribution in [3.63, 3.8) is 0 Å². The van der Waals surface area contributed by atoms with Crippen molar-refractivity contribution in [2.75, 3.05) is 32.8 Å². The molecule has 2 saturated heterocycles. The Morgan fingerprint density at radius 1 is 1.21 bits per heavy atom. The van der Waals surface area contributed by atoms with Gasteiger partial charge in [0.15, 0.2) is 0 Å². The molecule has 2 aromatic carbocycles. The average molecular weight is 447 g/mol. The van der Waals surface area contributed by atoms with Crippen LogP contribution in [0.25, 0.3) is 10.9 Å². The summed E-state index contributed by atoms with van der Waals surface area (Å²) in [5.74, 6) is 0.717. The zero-order valence-electron chi connectivity index (χ0n) is 19.3. The maximum atomic E-state index is 11.3. The first kappa shape index (κ1) is 22.0. The Balaban J connectivity index is 1.12. The molecule has 3 atom stereocenters. The molecule has 0 saturated carbocycles. The van der Waals surface area contributed by atoms with E-state index in [1.54, 1.807) is 0 Å². The average Bonchev–Trinajstić information content (AvgIpc) is 3.57. The molecule has 2 aliphatic rings. The number of likely N-dealkylation sites (tertiary alicyclic amines) is 1. The SMILES string of the molecule is C[C@H](NC[C@@H]1CCN(CCc2c[nH]c3ccc(CC4COC(=O)N4)cc23)C1)c1ccccc1. The van der Waals surface area contributed by atoms with E-state index in [4.69, 9.17) is 4.74 Å². The highest BCUT2D eigenvalue weighted by Crippen LogP contribution is 2.23. The fourth-order valence-corrected chi connectivity index (χ4v) is 5.14. The van der Waals surface area contributed by atoms with E-state index in [1.807, 2.05) is 0 Å². The second kappa shape index (κ2) is 9.98. The number of nitrogens with zero attached hydrogens (tertiary/aromatic N) is 1. The number of fused-ring (bicyclic) bond motifs is 1. The Labute approximate surface area is 195 Å². The number of alkyl carbamates (subject to hydrolysis) is 1. The predicted molar refractivity (Wildman–Crippen MR) is 131 cm³/mol. The van der Waals surface area contributed by atoms with E-state index < -0.39 is 0 Å². The number of ether oxygens (including phenoxy) is 1. The lowest BCUT2D eigenvalue weighted by molar-refractivity contribution is 0.177. The Hall–Kier alpha value is -2.83. The van der Waals surface area contributed by atoms with Gasteiger partial charge in [0.2, 0.25) is 0 Å². The standard InChI is InChI=1S/C27H34N4O2/c1-19(22-5-3-2-4-6-22)28-15-21-9-11-31(17-21)12-10-23-16-29-26-8-7-20(14-25(23)26)13-24-18-33-27(32)30-24/h2-8,14,16,19,21,24,28-29H,9-13,15,17-18H2,1H3,(H,30,32)/t19-,21-,24?/m0/s1. The fraction of sp³-hybridized carbons (Fsp3) is 0.444. The molecule has 0 aliphatic carbocycles. The highest BCUT2D eigenvalue weighted by Gasteiger charge is 2.24. The van der Waals surface area contributed by atoms with Crippen molar-refractivity contribution < 1.29 is 9.53 Å². The molecule has 2 fully saturated rings. The van der Waals surface area contributed by atoms with Crippen molar-refractivity contribution in [3.8, 4) is 0 Å². The van der Waals surface area contributed by atoms with Gasteiger partial charge in [-0.05, 0) is 74.0 Å². The van der Waals surface area contributed by atoms with Crippen molar-refractivity contribution in [3.05, 3.63) is 71.4 Å². The zero-order valence-corrected chi connectivity index (χ0v) is 19.3. The quantitative estimate of drug-likeness (QED) is 0.464. The molecular weight excluding hydrogens is 412 g/mol. The number of carbonyl (C=O) groups excluding carboxylic acids is 1. The van der Waals surface area contributed by atoms with Crippen LogP contribution in [0.4, 0.5) is 4.79 Å². The number of H-pyrrole nitrogens is 1. The Morgan fingerprint density at radius 3 is 2.91 bits per heavy atom.